The molecule has 1 aliphatic carbocycles. The summed E-state index contributed by atoms with van der Waals surface area (Å²) in [6, 6.07) is 13.0. The van der Waals surface area contributed by atoms with Gasteiger partial charge in [-0.25, -0.2) is 0 Å². The van der Waals surface area contributed by atoms with E-state index in [0.717, 1.165) is 5.56 Å². The van der Waals surface area contributed by atoms with Crippen LogP contribution in [0.25, 0.3) is 0 Å². The van der Waals surface area contributed by atoms with E-state index in [4.69, 9.17) is 4.74 Å². The standard InChI is InChI=1S/C20H24N2O4/c1-13(2)21-17-10-8-15-16(20(17)23)9-11-18(19(15)22(24)25)26-12-14-6-4-3-5-7-14/h3-7,9,11,13,17,20-21,23H,8,10,12H2,1-2H3/t17-,20-/m0/s1. The van der Waals surface area contributed by atoms with Crippen LogP contribution in [0.15, 0.2) is 42.5 Å². The summed E-state index contributed by atoms with van der Waals surface area (Å²) in [4.78, 5) is 11.3. The lowest BCUT2D eigenvalue weighted by Gasteiger charge is -2.32. The van der Waals surface area contributed by atoms with Crippen molar-refractivity contribution >= 4 is 5.69 Å². The van der Waals surface area contributed by atoms with Crippen LogP contribution in [0.3, 0.4) is 0 Å². The molecule has 138 valence electrons. The maximum absolute atomic E-state index is 11.7. The Bertz CT molecular complexity index is 777. The Morgan fingerprint density at radius 3 is 2.65 bits per heavy atom. The summed E-state index contributed by atoms with van der Waals surface area (Å²) < 4.78 is 5.74. The van der Waals surface area contributed by atoms with Crippen molar-refractivity contribution in [1.29, 1.82) is 0 Å². The Morgan fingerprint density at radius 1 is 1.27 bits per heavy atom. The molecule has 0 radical (unpaired) electrons. The molecule has 0 unspecified atom stereocenters. The third kappa shape index (κ3) is 3.86. The molecular weight excluding hydrogens is 332 g/mol. The maximum atomic E-state index is 11.7. The number of nitro groups is 1. The fourth-order valence-corrected chi connectivity index (χ4v) is 3.50. The Hall–Kier alpha value is -2.44. The molecule has 6 nitrogen and oxygen atoms in total. The van der Waals surface area contributed by atoms with Crippen molar-refractivity contribution in [2.45, 2.75) is 51.5 Å². The predicted octanol–water partition coefficient (Wildman–Crippen LogP) is 3.52. The monoisotopic (exact) mass is 356 g/mol. The highest BCUT2D eigenvalue weighted by Gasteiger charge is 2.34. The van der Waals surface area contributed by atoms with Crippen molar-refractivity contribution in [3.8, 4) is 5.75 Å². The van der Waals surface area contributed by atoms with Gasteiger partial charge in [0.1, 0.15) is 6.61 Å². The number of hydrogen-bond acceptors (Lipinski definition) is 5. The van der Waals surface area contributed by atoms with E-state index in [2.05, 4.69) is 5.32 Å². The van der Waals surface area contributed by atoms with E-state index in [-0.39, 0.29) is 30.1 Å². The van der Waals surface area contributed by atoms with Crippen molar-refractivity contribution < 1.29 is 14.8 Å². The molecule has 1 aliphatic rings. The fraction of sp³-hybridized carbons (Fsp3) is 0.400. The molecule has 0 amide bonds. The molecule has 2 aromatic carbocycles. The second kappa shape index (κ2) is 7.85. The normalized spacial score (nSPS) is 19.2. The van der Waals surface area contributed by atoms with E-state index in [9.17, 15) is 15.2 Å². The van der Waals surface area contributed by atoms with Crippen LogP contribution in [0, 0.1) is 10.1 Å². The van der Waals surface area contributed by atoms with Gasteiger partial charge in [0.25, 0.3) is 0 Å². The summed E-state index contributed by atoms with van der Waals surface area (Å²) in [5, 5.41) is 25.7. The first-order valence-electron chi connectivity index (χ1n) is 8.88. The topological polar surface area (TPSA) is 84.6 Å². The fourth-order valence-electron chi connectivity index (χ4n) is 3.50. The van der Waals surface area contributed by atoms with E-state index in [1.54, 1.807) is 12.1 Å². The number of ether oxygens (including phenoxy) is 1. The number of aliphatic hydroxyl groups excluding tert-OH is 1. The minimum atomic E-state index is -0.761. The first-order chi connectivity index (χ1) is 12.5. The molecule has 0 saturated carbocycles. The SMILES string of the molecule is CC(C)N[C@H]1CCc2c(ccc(OCc3ccccc3)c2[N+](=O)[O-])[C@@H]1O. The van der Waals surface area contributed by atoms with Gasteiger partial charge in [0.05, 0.1) is 11.0 Å². The number of benzene rings is 2. The molecule has 0 heterocycles. The van der Waals surface area contributed by atoms with Gasteiger partial charge in [-0.3, -0.25) is 10.1 Å². The van der Waals surface area contributed by atoms with Gasteiger partial charge >= 0.3 is 5.69 Å². The molecule has 6 heteroatoms. The maximum Gasteiger partial charge on any atom is 0.314 e. The zero-order valence-corrected chi connectivity index (χ0v) is 15.0. The summed E-state index contributed by atoms with van der Waals surface area (Å²) >= 11 is 0. The minimum Gasteiger partial charge on any atom is -0.482 e. The van der Waals surface area contributed by atoms with Crippen LogP contribution in [0.4, 0.5) is 5.69 Å². The van der Waals surface area contributed by atoms with Crippen molar-refractivity contribution in [3.63, 3.8) is 0 Å². The Labute approximate surface area is 153 Å². The average Bonchev–Trinajstić information content (AvgIpc) is 2.62. The molecule has 0 aromatic heterocycles. The summed E-state index contributed by atoms with van der Waals surface area (Å²) in [7, 11) is 0. The molecule has 0 saturated heterocycles. The molecule has 3 rings (SSSR count). The van der Waals surface area contributed by atoms with Gasteiger partial charge in [0.15, 0.2) is 5.75 Å². The number of nitrogens with one attached hydrogen (secondary N) is 1. The predicted molar refractivity (Wildman–Crippen MR) is 99.2 cm³/mol. The van der Waals surface area contributed by atoms with Crippen LogP contribution < -0.4 is 10.1 Å². The highest BCUT2D eigenvalue weighted by molar-refractivity contribution is 5.58. The summed E-state index contributed by atoms with van der Waals surface area (Å²) in [5.74, 6) is 0.250. The number of nitrogens with zero attached hydrogens (tertiary/aromatic N) is 1. The smallest absolute Gasteiger partial charge is 0.314 e. The molecule has 2 aromatic rings. The second-order valence-electron chi connectivity index (χ2n) is 6.92. The highest BCUT2D eigenvalue weighted by Crippen LogP contribution is 2.41. The van der Waals surface area contributed by atoms with Gasteiger partial charge in [0.2, 0.25) is 0 Å². The van der Waals surface area contributed by atoms with Crippen molar-refractivity contribution in [2.75, 3.05) is 0 Å². The number of nitro benzene ring substituents is 1. The zero-order valence-electron chi connectivity index (χ0n) is 15.0. The number of hydrogen-bond donors (Lipinski definition) is 2. The van der Waals surface area contributed by atoms with Crippen LogP contribution in [0.1, 0.15) is 43.1 Å². The van der Waals surface area contributed by atoms with E-state index in [1.165, 1.54) is 0 Å². The van der Waals surface area contributed by atoms with E-state index < -0.39 is 11.0 Å². The van der Waals surface area contributed by atoms with Crippen LogP contribution >= 0.6 is 0 Å². The third-order valence-electron chi connectivity index (χ3n) is 4.65. The first kappa shape index (κ1) is 18.4. The van der Waals surface area contributed by atoms with Crippen LogP contribution in [0.2, 0.25) is 0 Å². The summed E-state index contributed by atoms with van der Waals surface area (Å²) in [6.45, 7) is 4.30. The molecule has 2 atom stereocenters. The van der Waals surface area contributed by atoms with Gasteiger partial charge in [-0.15, -0.1) is 0 Å². The molecule has 0 bridgehead atoms. The molecule has 26 heavy (non-hydrogen) atoms. The van der Waals surface area contributed by atoms with E-state index in [0.29, 0.717) is 24.0 Å². The van der Waals surface area contributed by atoms with Crippen LogP contribution in [0.5, 0.6) is 5.75 Å². The van der Waals surface area contributed by atoms with Gasteiger partial charge in [0, 0.05) is 17.6 Å². The van der Waals surface area contributed by atoms with Crippen molar-refractivity contribution in [3.05, 3.63) is 69.3 Å². The van der Waals surface area contributed by atoms with Crippen LogP contribution in [-0.4, -0.2) is 22.1 Å². The molecule has 2 N–H and O–H groups in total. The Balaban J connectivity index is 1.88. The average molecular weight is 356 g/mol. The van der Waals surface area contributed by atoms with Gasteiger partial charge in [-0.05, 0) is 30.0 Å². The Morgan fingerprint density at radius 2 is 2.00 bits per heavy atom. The lowest BCUT2D eigenvalue weighted by atomic mass is 9.84. The number of aliphatic hydroxyl groups is 1. The van der Waals surface area contributed by atoms with Crippen LogP contribution in [-0.2, 0) is 13.0 Å². The molecular formula is C20H24N2O4. The van der Waals surface area contributed by atoms with Gasteiger partial charge < -0.3 is 15.2 Å². The van der Waals surface area contributed by atoms with Crippen molar-refractivity contribution in [2.24, 2.45) is 0 Å². The third-order valence-corrected chi connectivity index (χ3v) is 4.65. The minimum absolute atomic E-state index is 0.0273. The number of rotatable bonds is 6. The number of fused-ring (bicyclic) bond motifs is 1. The van der Waals surface area contributed by atoms with Gasteiger partial charge in [-0.1, -0.05) is 50.2 Å². The molecule has 0 fully saturated rings. The summed E-state index contributed by atoms with van der Waals surface area (Å²) in [6.07, 6.45) is 0.424. The molecule has 0 spiro atoms. The first-order valence-corrected chi connectivity index (χ1v) is 8.88. The highest BCUT2D eigenvalue weighted by atomic mass is 16.6. The van der Waals surface area contributed by atoms with Gasteiger partial charge in [-0.2, -0.15) is 0 Å². The lowest BCUT2D eigenvalue weighted by Crippen LogP contribution is -2.42. The molecule has 0 aliphatic heterocycles. The summed E-state index contributed by atoms with van der Waals surface area (Å²) in [5.41, 5.74) is 2.12. The van der Waals surface area contributed by atoms with Crippen molar-refractivity contribution in [1.82, 2.24) is 5.32 Å². The quantitative estimate of drug-likeness (QED) is 0.611. The second-order valence-corrected chi connectivity index (χ2v) is 6.92. The lowest BCUT2D eigenvalue weighted by molar-refractivity contribution is -0.386. The zero-order chi connectivity index (χ0) is 18.7. The largest absolute Gasteiger partial charge is 0.482 e. The van der Waals surface area contributed by atoms with E-state index >= 15 is 0 Å². The van der Waals surface area contributed by atoms with E-state index in [1.807, 2.05) is 44.2 Å². The Kier molecular flexibility index (Phi) is 5.54.